The van der Waals surface area contributed by atoms with E-state index in [2.05, 4.69) is 56.3 Å². The Morgan fingerprint density at radius 3 is 2.45 bits per heavy atom. The van der Waals surface area contributed by atoms with Crippen LogP contribution in [-0.4, -0.2) is 60.4 Å². The first-order valence-corrected chi connectivity index (χ1v) is 10.3. The van der Waals surface area contributed by atoms with Crippen molar-refractivity contribution < 1.29 is 9.13 Å². The van der Waals surface area contributed by atoms with Crippen molar-refractivity contribution in [1.29, 1.82) is 0 Å². The lowest BCUT2D eigenvalue weighted by atomic mass is 10.0. The zero-order chi connectivity index (χ0) is 21.4. The number of likely N-dealkylation sites (N-methyl/N-ethyl adjacent to an activating group) is 1. The molecule has 0 amide bonds. The Morgan fingerprint density at radius 1 is 0.968 bits per heavy atom. The molecule has 1 aliphatic rings. The van der Waals surface area contributed by atoms with E-state index < -0.39 is 0 Å². The number of nitrogens with one attached hydrogen (secondary N) is 1. The number of pyridine rings is 1. The summed E-state index contributed by atoms with van der Waals surface area (Å²) in [7, 11) is 3.68. The molecule has 6 nitrogen and oxygen atoms in total. The molecule has 0 bridgehead atoms. The average molecular weight is 417 g/mol. The second-order valence-electron chi connectivity index (χ2n) is 7.88. The molecule has 2 aromatic heterocycles. The standard InChI is InChI=1S/C24H24FN5O/c1-29-9-11-30(12-10-29)18-5-3-16(4-6-18)17-13-21-23(27-28-24(21)26-15-17)20-8-7-19(31-2)14-22(20)25/h3-8,13-15H,9-12H2,1-2H3,(H,26,27,28). The van der Waals surface area contributed by atoms with E-state index in [-0.39, 0.29) is 5.82 Å². The predicted molar refractivity (Wildman–Crippen MR) is 121 cm³/mol. The van der Waals surface area contributed by atoms with Crippen LogP contribution in [0.15, 0.2) is 54.7 Å². The maximum absolute atomic E-state index is 14.6. The quantitative estimate of drug-likeness (QED) is 0.540. The molecule has 1 saturated heterocycles. The fraction of sp³-hybridized carbons (Fsp3) is 0.250. The third kappa shape index (κ3) is 3.72. The molecule has 1 aliphatic heterocycles. The highest BCUT2D eigenvalue weighted by Crippen LogP contribution is 2.32. The lowest BCUT2D eigenvalue weighted by Crippen LogP contribution is -2.44. The number of halogens is 1. The summed E-state index contributed by atoms with van der Waals surface area (Å²) in [5.41, 5.74) is 4.87. The van der Waals surface area contributed by atoms with E-state index in [4.69, 9.17) is 4.74 Å². The fourth-order valence-electron chi connectivity index (χ4n) is 4.02. The largest absolute Gasteiger partial charge is 0.497 e. The summed E-state index contributed by atoms with van der Waals surface area (Å²) in [4.78, 5) is 9.24. The first-order chi connectivity index (χ1) is 15.1. The number of hydrogen-bond donors (Lipinski definition) is 1. The number of piperazine rings is 1. The molecule has 1 N–H and O–H groups in total. The zero-order valence-electron chi connectivity index (χ0n) is 17.6. The summed E-state index contributed by atoms with van der Waals surface area (Å²) in [6.07, 6.45) is 1.81. The second-order valence-corrected chi connectivity index (χ2v) is 7.88. The Hall–Kier alpha value is -3.45. The van der Waals surface area contributed by atoms with Gasteiger partial charge in [-0.3, -0.25) is 5.10 Å². The van der Waals surface area contributed by atoms with Crippen LogP contribution in [0.25, 0.3) is 33.4 Å². The number of hydrogen-bond acceptors (Lipinski definition) is 5. The number of ether oxygens (including phenoxy) is 1. The summed E-state index contributed by atoms with van der Waals surface area (Å²) in [5.74, 6) is 0.108. The summed E-state index contributed by atoms with van der Waals surface area (Å²) in [6.45, 7) is 4.23. The third-order valence-corrected chi connectivity index (χ3v) is 5.92. The van der Waals surface area contributed by atoms with Gasteiger partial charge < -0.3 is 14.5 Å². The normalized spacial score (nSPS) is 14.9. The summed E-state index contributed by atoms with van der Waals surface area (Å²) in [5, 5.41) is 7.97. The predicted octanol–water partition coefficient (Wildman–Crippen LogP) is 4.19. The Balaban J connectivity index is 1.47. The van der Waals surface area contributed by atoms with E-state index in [1.807, 2.05) is 12.3 Å². The number of anilines is 1. The average Bonchev–Trinajstić information content (AvgIpc) is 3.22. The van der Waals surface area contributed by atoms with Crippen LogP contribution in [0.2, 0.25) is 0 Å². The van der Waals surface area contributed by atoms with Crippen molar-refractivity contribution >= 4 is 16.7 Å². The SMILES string of the molecule is COc1ccc(-c2[nH]nc3ncc(-c4ccc(N5CCN(C)CC5)cc4)cc23)c(F)c1. The number of aromatic nitrogens is 3. The highest BCUT2D eigenvalue weighted by Gasteiger charge is 2.16. The number of fused-ring (bicyclic) bond motifs is 1. The zero-order valence-corrected chi connectivity index (χ0v) is 17.6. The number of rotatable bonds is 4. The molecule has 5 rings (SSSR count). The van der Waals surface area contributed by atoms with Crippen molar-refractivity contribution in [2.45, 2.75) is 0 Å². The van der Waals surface area contributed by atoms with Crippen LogP contribution in [0, 0.1) is 5.82 Å². The van der Waals surface area contributed by atoms with Crippen LogP contribution in [0.1, 0.15) is 0 Å². The van der Waals surface area contributed by atoms with Gasteiger partial charge >= 0.3 is 0 Å². The van der Waals surface area contributed by atoms with Crippen LogP contribution < -0.4 is 9.64 Å². The van der Waals surface area contributed by atoms with Gasteiger partial charge in [0.05, 0.1) is 12.8 Å². The van der Waals surface area contributed by atoms with Crippen molar-refractivity contribution in [2.75, 3.05) is 45.2 Å². The minimum absolute atomic E-state index is 0.369. The number of nitrogens with zero attached hydrogens (tertiary/aromatic N) is 4. The van der Waals surface area contributed by atoms with E-state index in [9.17, 15) is 4.39 Å². The molecule has 3 heterocycles. The Kier molecular flexibility index (Phi) is 5.03. The molecule has 2 aromatic carbocycles. The van der Waals surface area contributed by atoms with E-state index in [1.54, 1.807) is 12.1 Å². The first-order valence-electron chi connectivity index (χ1n) is 10.3. The molecule has 0 saturated carbocycles. The van der Waals surface area contributed by atoms with Crippen molar-refractivity contribution in [3.8, 4) is 28.1 Å². The van der Waals surface area contributed by atoms with Crippen LogP contribution in [0.4, 0.5) is 10.1 Å². The number of methoxy groups -OCH3 is 1. The van der Waals surface area contributed by atoms with Gasteiger partial charge in [0.1, 0.15) is 11.6 Å². The maximum atomic E-state index is 14.6. The van der Waals surface area contributed by atoms with Gasteiger partial charge in [-0.25, -0.2) is 9.37 Å². The third-order valence-electron chi connectivity index (χ3n) is 5.92. The van der Waals surface area contributed by atoms with Crippen molar-refractivity contribution in [3.63, 3.8) is 0 Å². The monoisotopic (exact) mass is 417 g/mol. The van der Waals surface area contributed by atoms with E-state index in [0.717, 1.165) is 42.7 Å². The summed E-state index contributed by atoms with van der Waals surface area (Å²) >= 11 is 0. The topological polar surface area (TPSA) is 57.3 Å². The minimum atomic E-state index is -0.369. The molecular weight excluding hydrogens is 393 g/mol. The van der Waals surface area contributed by atoms with Crippen molar-refractivity contribution in [3.05, 3.63) is 60.5 Å². The van der Waals surface area contributed by atoms with Crippen molar-refractivity contribution in [1.82, 2.24) is 20.1 Å². The fourth-order valence-corrected chi connectivity index (χ4v) is 4.02. The molecule has 1 fully saturated rings. The van der Waals surface area contributed by atoms with Gasteiger partial charge in [0.25, 0.3) is 0 Å². The van der Waals surface area contributed by atoms with Gasteiger partial charge in [-0.05, 0) is 42.9 Å². The van der Waals surface area contributed by atoms with E-state index >= 15 is 0 Å². The highest BCUT2D eigenvalue weighted by molar-refractivity contribution is 5.93. The molecule has 7 heteroatoms. The Bertz CT molecular complexity index is 1210. The molecule has 0 spiro atoms. The molecule has 0 atom stereocenters. The van der Waals surface area contributed by atoms with Crippen LogP contribution in [0.3, 0.4) is 0 Å². The Morgan fingerprint density at radius 2 is 1.74 bits per heavy atom. The van der Waals surface area contributed by atoms with Gasteiger partial charge in [-0.1, -0.05) is 12.1 Å². The highest BCUT2D eigenvalue weighted by atomic mass is 19.1. The summed E-state index contributed by atoms with van der Waals surface area (Å²) < 4.78 is 19.7. The molecule has 0 aliphatic carbocycles. The van der Waals surface area contributed by atoms with Gasteiger partial charge in [-0.15, -0.1) is 0 Å². The minimum Gasteiger partial charge on any atom is -0.497 e. The van der Waals surface area contributed by atoms with Crippen LogP contribution in [0.5, 0.6) is 5.75 Å². The van der Waals surface area contributed by atoms with Crippen LogP contribution >= 0.6 is 0 Å². The Labute approximate surface area is 180 Å². The van der Waals surface area contributed by atoms with Gasteiger partial charge in [0, 0.05) is 60.6 Å². The maximum Gasteiger partial charge on any atom is 0.181 e. The lowest BCUT2D eigenvalue weighted by Gasteiger charge is -2.34. The number of aromatic amines is 1. The number of benzene rings is 2. The van der Waals surface area contributed by atoms with E-state index in [1.165, 1.54) is 18.9 Å². The van der Waals surface area contributed by atoms with E-state index in [0.29, 0.717) is 22.7 Å². The van der Waals surface area contributed by atoms with Gasteiger partial charge in [-0.2, -0.15) is 5.10 Å². The molecule has 31 heavy (non-hydrogen) atoms. The first kappa shape index (κ1) is 19.5. The molecular formula is C24H24FN5O. The van der Waals surface area contributed by atoms with Gasteiger partial charge in [0.2, 0.25) is 0 Å². The second kappa shape index (κ2) is 8.00. The van der Waals surface area contributed by atoms with Gasteiger partial charge in [0.15, 0.2) is 5.65 Å². The smallest absolute Gasteiger partial charge is 0.181 e. The molecule has 4 aromatic rings. The molecule has 0 radical (unpaired) electrons. The van der Waals surface area contributed by atoms with Crippen molar-refractivity contribution in [2.24, 2.45) is 0 Å². The number of H-pyrrole nitrogens is 1. The lowest BCUT2D eigenvalue weighted by molar-refractivity contribution is 0.313. The summed E-state index contributed by atoms with van der Waals surface area (Å²) in [6, 6.07) is 15.4. The van der Waals surface area contributed by atoms with Crippen LogP contribution in [-0.2, 0) is 0 Å². The molecule has 158 valence electrons. The molecule has 0 unspecified atom stereocenters.